The largest absolute Gasteiger partial charge is 0.496 e. The van der Waals surface area contributed by atoms with Gasteiger partial charge in [-0.05, 0) is 24.6 Å². The first-order chi connectivity index (χ1) is 13.4. The minimum atomic E-state index is -0.882. The second-order valence-electron chi connectivity index (χ2n) is 6.11. The highest BCUT2D eigenvalue weighted by atomic mass is 16.5. The van der Waals surface area contributed by atoms with Crippen molar-refractivity contribution in [3.63, 3.8) is 0 Å². The molecule has 0 heterocycles. The van der Waals surface area contributed by atoms with Gasteiger partial charge in [-0.1, -0.05) is 42.0 Å². The van der Waals surface area contributed by atoms with Gasteiger partial charge in [0.2, 0.25) is 0 Å². The van der Waals surface area contributed by atoms with Gasteiger partial charge in [0.15, 0.2) is 6.61 Å². The number of aryl methyl sites for hydroxylation is 1. The maximum Gasteiger partial charge on any atom is 0.342 e. The average molecular weight is 385 g/mol. The predicted octanol–water partition coefficient (Wildman–Crippen LogP) is 2.06. The molecular weight excluding hydrogens is 362 g/mol. The summed E-state index contributed by atoms with van der Waals surface area (Å²) in [6, 6.07) is 13.4. The average Bonchev–Trinajstić information content (AvgIpc) is 2.71. The molecule has 7 heteroatoms. The van der Waals surface area contributed by atoms with Gasteiger partial charge in [-0.3, -0.25) is 4.79 Å². The van der Waals surface area contributed by atoms with E-state index < -0.39 is 30.5 Å². The highest BCUT2D eigenvalue weighted by Gasteiger charge is 2.23. The van der Waals surface area contributed by atoms with Gasteiger partial charge in [0.25, 0.3) is 5.91 Å². The molecule has 0 bridgehead atoms. The fraction of sp³-hybridized carbons (Fsp3) is 0.286. The molecule has 2 aromatic rings. The minimum Gasteiger partial charge on any atom is -0.496 e. The van der Waals surface area contributed by atoms with Gasteiger partial charge in [-0.2, -0.15) is 0 Å². The smallest absolute Gasteiger partial charge is 0.342 e. The normalized spacial score (nSPS) is 11.2. The third kappa shape index (κ3) is 5.84. The quantitative estimate of drug-likeness (QED) is 0.700. The van der Waals surface area contributed by atoms with Crippen molar-refractivity contribution >= 4 is 17.8 Å². The Kier molecular flexibility index (Phi) is 7.56. The van der Waals surface area contributed by atoms with E-state index in [2.05, 4.69) is 5.32 Å². The van der Waals surface area contributed by atoms with E-state index in [4.69, 9.17) is 14.2 Å². The summed E-state index contributed by atoms with van der Waals surface area (Å²) in [5.41, 5.74) is 1.94. The maximum absolute atomic E-state index is 12.3. The van der Waals surface area contributed by atoms with E-state index in [0.29, 0.717) is 5.75 Å². The van der Waals surface area contributed by atoms with Crippen molar-refractivity contribution in [3.8, 4) is 5.75 Å². The van der Waals surface area contributed by atoms with E-state index in [0.717, 1.165) is 11.1 Å². The van der Waals surface area contributed by atoms with Crippen LogP contribution in [-0.2, 0) is 25.5 Å². The highest BCUT2D eigenvalue weighted by molar-refractivity contribution is 5.94. The zero-order valence-electron chi connectivity index (χ0n) is 16.1. The number of methoxy groups -OCH3 is 2. The first-order valence-electron chi connectivity index (χ1n) is 8.67. The Morgan fingerprint density at radius 3 is 2.39 bits per heavy atom. The number of hydrogen-bond acceptors (Lipinski definition) is 6. The molecule has 0 aliphatic heterocycles. The van der Waals surface area contributed by atoms with E-state index in [-0.39, 0.29) is 12.0 Å². The number of esters is 2. The lowest BCUT2D eigenvalue weighted by Crippen LogP contribution is -2.44. The summed E-state index contributed by atoms with van der Waals surface area (Å²) in [7, 11) is 2.69. The molecule has 2 rings (SSSR count). The molecule has 0 saturated heterocycles. The molecule has 1 N–H and O–H groups in total. The van der Waals surface area contributed by atoms with E-state index >= 15 is 0 Å². The summed E-state index contributed by atoms with van der Waals surface area (Å²) in [5, 5.41) is 2.54. The van der Waals surface area contributed by atoms with Crippen molar-refractivity contribution in [2.45, 2.75) is 19.4 Å². The zero-order chi connectivity index (χ0) is 20.5. The fourth-order valence-corrected chi connectivity index (χ4v) is 2.61. The number of nitrogens with one attached hydrogen (secondary N) is 1. The maximum atomic E-state index is 12.3. The number of benzene rings is 2. The summed E-state index contributed by atoms with van der Waals surface area (Å²) in [4.78, 5) is 36.4. The van der Waals surface area contributed by atoms with E-state index in [1.807, 2.05) is 37.3 Å². The third-order valence-electron chi connectivity index (χ3n) is 4.01. The highest BCUT2D eigenvalue weighted by Crippen LogP contribution is 2.20. The van der Waals surface area contributed by atoms with Gasteiger partial charge in [-0.25, -0.2) is 9.59 Å². The fourth-order valence-electron chi connectivity index (χ4n) is 2.61. The van der Waals surface area contributed by atoms with Gasteiger partial charge in [0, 0.05) is 6.42 Å². The minimum absolute atomic E-state index is 0.226. The summed E-state index contributed by atoms with van der Waals surface area (Å²) in [6.07, 6.45) is 0.263. The first-order valence-corrected chi connectivity index (χ1v) is 8.67. The number of carbonyl (C=O) groups is 3. The van der Waals surface area contributed by atoms with Crippen molar-refractivity contribution in [2.24, 2.45) is 0 Å². The molecule has 1 atom stereocenters. The van der Waals surface area contributed by atoms with Crippen LogP contribution in [0.25, 0.3) is 0 Å². The van der Waals surface area contributed by atoms with E-state index in [1.165, 1.54) is 14.2 Å². The number of ether oxygens (including phenoxy) is 3. The monoisotopic (exact) mass is 385 g/mol. The topological polar surface area (TPSA) is 90.9 Å². The molecule has 0 aliphatic rings. The second-order valence-corrected chi connectivity index (χ2v) is 6.11. The summed E-state index contributed by atoms with van der Waals surface area (Å²) in [5.74, 6) is -1.52. The van der Waals surface area contributed by atoms with Crippen molar-refractivity contribution in [2.75, 3.05) is 20.8 Å². The van der Waals surface area contributed by atoms with Crippen LogP contribution in [0.5, 0.6) is 5.75 Å². The van der Waals surface area contributed by atoms with Gasteiger partial charge in [0.1, 0.15) is 17.4 Å². The number of amides is 1. The van der Waals surface area contributed by atoms with Gasteiger partial charge < -0.3 is 19.5 Å². The molecule has 0 radical (unpaired) electrons. The van der Waals surface area contributed by atoms with Crippen LogP contribution in [0.15, 0.2) is 48.5 Å². The van der Waals surface area contributed by atoms with Crippen LogP contribution in [0.1, 0.15) is 21.5 Å². The van der Waals surface area contributed by atoms with Gasteiger partial charge in [0.05, 0.1) is 14.2 Å². The van der Waals surface area contributed by atoms with Gasteiger partial charge >= 0.3 is 11.9 Å². The molecule has 0 unspecified atom stereocenters. The van der Waals surface area contributed by atoms with Crippen molar-refractivity contribution in [1.82, 2.24) is 5.32 Å². The molecule has 1 amide bonds. The van der Waals surface area contributed by atoms with Crippen LogP contribution < -0.4 is 10.1 Å². The van der Waals surface area contributed by atoms with Crippen LogP contribution in [0.4, 0.5) is 0 Å². The van der Waals surface area contributed by atoms with Crippen LogP contribution >= 0.6 is 0 Å². The molecule has 28 heavy (non-hydrogen) atoms. The van der Waals surface area contributed by atoms with Crippen LogP contribution in [0.3, 0.4) is 0 Å². The van der Waals surface area contributed by atoms with Crippen LogP contribution in [-0.4, -0.2) is 44.7 Å². The number of rotatable bonds is 8. The molecule has 7 nitrogen and oxygen atoms in total. The van der Waals surface area contributed by atoms with E-state index in [9.17, 15) is 14.4 Å². The van der Waals surface area contributed by atoms with Crippen molar-refractivity contribution < 1.29 is 28.6 Å². The Bertz CT molecular complexity index is 834. The SMILES string of the molecule is COC(=O)[C@H](Cc1ccccc1)NC(=O)COC(=O)c1cc(C)ccc1OC. The second kappa shape index (κ2) is 10.1. The lowest BCUT2D eigenvalue weighted by Gasteiger charge is -2.17. The third-order valence-corrected chi connectivity index (χ3v) is 4.01. The Labute approximate surface area is 163 Å². The lowest BCUT2D eigenvalue weighted by molar-refractivity contribution is -0.145. The molecule has 0 spiro atoms. The molecule has 0 fully saturated rings. The molecule has 0 aromatic heterocycles. The number of hydrogen-bond donors (Lipinski definition) is 1. The van der Waals surface area contributed by atoms with Crippen molar-refractivity contribution in [3.05, 3.63) is 65.2 Å². The molecule has 2 aromatic carbocycles. The van der Waals surface area contributed by atoms with Gasteiger partial charge in [-0.15, -0.1) is 0 Å². The zero-order valence-corrected chi connectivity index (χ0v) is 16.1. The number of carbonyl (C=O) groups excluding carboxylic acids is 3. The van der Waals surface area contributed by atoms with Crippen LogP contribution in [0.2, 0.25) is 0 Å². The Morgan fingerprint density at radius 2 is 1.75 bits per heavy atom. The van der Waals surface area contributed by atoms with E-state index in [1.54, 1.807) is 18.2 Å². The van der Waals surface area contributed by atoms with Crippen LogP contribution in [0, 0.1) is 6.92 Å². The lowest BCUT2D eigenvalue weighted by atomic mass is 10.1. The first kappa shape index (κ1) is 21.0. The Hall–Kier alpha value is -3.35. The molecule has 148 valence electrons. The summed E-state index contributed by atoms with van der Waals surface area (Å²) < 4.78 is 15.0. The Balaban J connectivity index is 1.98. The predicted molar refractivity (Wildman–Crippen MR) is 102 cm³/mol. The van der Waals surface area contributed by atoms with Crippen molar-refractivity contribution in [1.29, 1.82) is 0 Å². The summed E-state index contributed by atoms with van der Waals surface area (Å²) >= 11 is 0. The molecule has 0 aliphatic carbocycles. The molecular formula is C21H23NO6. The Morgan fingerprint density at radius 1 is 1.04 bits per heavy atom. The standard InChI is InChI=1S/C21H23NO6/c1-14-9-10-18(26-2)16(11-14)20(24)28-13-19(23)22-17(21(25)27-3)12-15-7-5-4-6-8-15/h4-11,17H,12-13H2,1-3H3,(H,22,23)/t17-/m0/s1. The molecule has 0 saturated carbocycles. The summed E-state index contributed by atoms with van der Waals surface area (Å²) in [6.45, 7) is 1.30.